The van der Waals surface area contributed by atoms with Crippen molar-refractivity contribution in [3.05, 3.63) is 35.9 Å². The highest BCUT2D eigenvalue weighted by Crippen LogP contribution is 2.52. The van der Waals surface area contributed by atoms with Crippen LogP contribution < -0.4 is 5.32 Å². The van der Waals surface area contributed by atoms with Crippen LogP contribution in [0, 0.1) is 5.41 Å². The van der Waals surface area contributed by atoms with E-state index in [2.05, 4.69) is 5.32 Å². The first-order chi connectivity index (χ1) is 7.29. The van der Waals surface area contributed by atoms with E-state index >= 15 is 0 Å². The number of carbonyl (C=O) groups is 1. The number of ketones is 1. The highest BCUT2D eigenvalue weighted by molar-refractivity contribution is 6.00. The van der Waals surface area contributed by atoms with Crippen LogP contribution in [0.5, 0.6) is 0 Å². The molecule has 0 bridgehead atoms. The first-order valence-electron chi connectivity index (χ1n) is 5.62. The molecule has 1 saturated carbocycles. The van der Waals surface area contributed by atoms with Crippen LogP contribution in [0.1, 0.15) is 29.6 Å². The van der Waals surface area contributed by atoms with Gasteiger partial charge < -0.3 is 5.32 Å². The Kier molecular flexibility index (Phi) is 1.93. The minimum absolute atomic E-state index is 0.0647. The molecule has 1 aliphatic carbocycles. The van der Waals surface area contributed by atoms with Crippen LogP contribution in [-0.4, -0.2) is 18.4 Å². The molecular weight excluding hydrogens is 186 g/mol. The van der Waals surface area contributed by atoms with Crippen molar-refractivity contribution in [1.29, 1.82) is 0 Å². The third kappa shape index (κ3) is 1.59. The maximum atomic E-state index is 12.1. The van der Waals surface area contributed by atoms with E-state index in [1.54, 1.807) is 0 Å². The van der Waals surface area contributed by atoms with Gasteiger partial charge in [-0.3, -0.25) is 4.79 Å². The summed E-state index contributed by atoms with van der Waals surface area (Å²) in [6, 6.07) is 9.67. The second-order valence-corrected chi connectivity index (χ2v) is 4.87. The van der Waals surface area contributed by atoms with Gasteiger partial charge in [-0.25, -0.2) is 0 Å². The third-order valence-corrected chi connectivity index (χ3v) is 3.69. The van der Waals surface area contributed by atoms with Crippen LogP contribution in [0.25, 0.3) is 0 Å². The van der Waals surface area contributed by atoms with Crippen molar-refractivity contribution < 1.29 is 4.79 Å². The maximum absolute atomic E-state index is 12.1. The van der Waals surface area contributed by atoms with E-state index in [9.17, 15) is 4.79 Å². The van der Waals surface area contributed by atoms with Crippen LogP contribution in [-0.2, 0) is 0 Å². The summed E-state index contributed by atoms with van der Waals surface area (Å²) >= 11 is 0. The van der Waals surface area contributed by atoms with Crippen LogP contribution in [0.3, 0.4) is 0 Å². The van der Waals surface area contributed by atoms with Gasteiger partial charge in [0.1, 0.15) is 0 Å². The van der Waals surface area contributed by atoms with Gasteiger partial charge in [0, 0.05) is 12.1 Å². The molecule has 2 heteroatoms. The Morgan fingerprint density at radius 3 is 2.60 bits per heavy atom. The Bertz CT molecular complexity index is 381. The number of benzene rings is 1. The molecule has 1 heterocycles. The SMILES string of the molecule is O=C(c1ccccc1)[C@@H]1CC2(CC2)CN1. The van der Waals surface area contributed by atoms with E-state index in [0.29, 0.717) is 5.41 Å². The lowest BCUT2D eigenvalue weighted by Gasteiger charge is -2.08. The smallest absolute Gasteiger partial charge is 0.179 e. The van der Waals surface area contributed by atoms with Crippen LogP contribution in [0.15, 0.2) is 30.3 Å². The third-order valence-electron chi connectivity index (χ3n) is 3.69. The van der Waals surface area contributed by atoms with Gasteiger partial charge in [0.05, 0.1) is 6.04 Å². The van der Waals surface area contributed by atoms with Crippen molar-refractivity contribution in [2.45, 2.75) is 25.3 Å². The van der Waals surface area contributed by atoms with Gasteiger partial charge >= 0.3 is 0 Å². The second kappa shape index (κ2) is 3.17. The molecule has 3 rings (SSSR count). The van der Waals surface area contributed by atoms with E-state index in [4.69, 9.17) is 0 Å². The molecule has 78 valence electrons. The Balaban J connectivity index is 1.76. The van der Waals surface area contributed by atoms with Gasteiger partial charge in [0.2, 0.25) is 0 Å². The van der Waals surface area contributed by atoms with Gasteiger partial charge in [-0.05, 0) is 24.7 Å². The standard InChI is InChI=1S/C13H15NO/c15-12(10-4-2-1-3-5-10)11-8-13(6-7-13)9-14-11/h1-5,11,14H,6-9H2/t11-/m0/s1. The van der Waals surface area contributed by atoms with Gasteiger partial charge in [0.15, 0.2) is 5.78 Å². The topological polar surface area (TPSA) is 29.1 Å². The molecule has 2 nitrogen and oxygen atoms in total. The zero-order chi connectivity index (χ0) is 10.3. The molecule has 1 aromatic rings. The monoisotopic (exact) mass is 201 g/mol. The summed E-state index contributed by atoms with van der Waals surface area (Å²) in [6.45, 7) is 1.04. The molecule has 0 amide bonds. The molecule has 0 aromatic heterocycles. The minimum Gasteiger partial charge on any atom is -0.307 e. The maximum Gasteiger partial charge on any atom is 0.179 e. The second-order valence-electron chi connectivity index (χ2n) is 4.87. The molecule has 15 heavy (non-hydrogen) atoms. The van der Waals surface area contributed by atoms with Crippen molar-refractivity contribution in [2.24, 2.45) is 5.41 Å². The van der Waals surface area contributed by atoms with Crippen LogP contribution in [0.2, 0.25) is 0 Å². The summed E-state index contributed by atoms with van der Waals surface area (Å²) in [5.74, 6) is 0.263. The lowest BCUT2D eigenvalue weighted by atomic mass is 9.97. The Hall–Kier alpha value is -1.15. The highest BCUT2D eigenvalue weighted by Gasteiger charge is 2.49. The fourth-order valence-electron chi connectivity index (χ4n) is 2.46. The first kappa shape index (κ1) is 9.10. The number of carbonyl (C=O) groups excluding carboxylic acids is 1. The van der Waals surface area contributed by atoms with Crippen molar-refractivity contribution >= 4 is 5.78 Å². The van der Waals surface area contributed by atoms with Gasteiger partial charge in [-0.1, -0.05) is 30.3 Å². The van der Waals surface area contributed by atoms with Gasteiger partial charge in [-0.15, -0.1) is 0 Å². The van der Waals surface area contributed by atoms with E-state index < -0.39 is 0 Å². The van der Waals surface area contributed by atoms with Gasteiger partial charge in [0.25, 0.3) is 0 Å². The molecule has 1 atom stereocenters. The molecule has 0 unspecified atom stereocenters. The largest absolute Gasteiger partial charge is 0.307 e. The number of hydrogen-bond donors (Lipinski definition) is 1. The summed E-state index contributed by atoms with van der Waals surface area (Å²) < 4.78 is 0. The molecule has 2 aliphatic rings. The van der Waals surface area contributed by atoms with E-state index in [1.807, 2.05) is 30.3 Å². The molecule has 1 N–H and O–H groups in total. The van der Waals surface area contributed by atoms with E-state index in [0.717, 1.165) is 18.5 Å². The summed E-state index contributed by atoms with van der Waals surface area (Å²) in [5.41, 5.74) is 1.34. The van der Waals surface area contributed by atoms with Gasteiger partial charge in [-0.2, -0.15) is 0 Å². The molecule has 2 fully saturated rings. The average molecular weight is 201 g/mol. The molecule has 1 aliphatic heterocycles. The number of nitrogens with one attached hydrogen (secondary N) is 1. The highest BCUT2D eigenvalue weighted by atomic mass is 16.1. The van der Waals surface area contributed by atoms with E-state index in [-0.39, 0.29) is 11.8 Å². The molecule has 0 radical (unpaired) electrons. The lowest BCUT2D eigenvalue weighted by Crippen LogP contribution is -2.30. The Morgan fingerprint density at radius 1 is 1.27 bits per heavy atom. The Morgan fingerprint density at radius 2 is 2.00 bits per heavy atom. The molecular formula is C13H15NO. The molecule has 1 spiro atoms. The number of hydrogen-bond acceptors (Lipinski definition) is 2. The first-order valence-corrected chi connectivity index (χ1v) is 5.62. The molecule has 1 saturated heterocycles. The number of rotatable bonds is 2. The Labute approximate surface area is 89.7 Å². The quantitative estimate of drug-likeness (QED) is 0.742. The van der Waals surface area contributed by atoms with E-state index in [1.165, 1.54) is 12.8 Å². The normalized spacial score (nSPS) is 26.8. The summed E-state index contributed by atoms with van der Waals surface area (Å²) in [5, 5.41) is 3.36. The predicted octanol–water partition coefficient (Wildman–Crippen LogP) is 2.01. The van der Waals surface area contributed by atoms with Crippen molar-refractivity contribution in [3.63, 3.8) is 0 Å². The average Bonchev–Trinajstić information content (AvgIpc) is 2.90. The predicted molar refractivity (Wildman–Crippen MR) is 58.8 cm³/mol. The number of Topliss-reactive ketones (excluding diaryl/α,β-unsaturated/α-hetero) is 1. The van der Waals surface area contributed by atoms with Crippen molar-refractivity contribution in [3.8, 4) is 0 Å². The van der Waals surface area contributed by atoms with Crippen LogP contribution >= 0.6 is 0 Å². The zero-order valence-corrected chi connectivity index (χ0v) is 8.70. The zero-order valence-electron chi connectivity index (χ0n) is 8.70. The summed E-state index contributed by atoms with van der Waals surface area (Å²) in [6.07, 6.45) is 3.65. The fourth-order valence-corrected chi connectivity index (χ4v) is 2.46. The van der Waals surface area contributed by atoms with Crippen molar-refractivity contribution in [2.75, 3.05) is 6.54 Å². The van der Waals surface area contributed by atoms with Crippen LogP contribution in [0.4, 0.5) is 0 Å². The van der Waals surface area contributed by atoms with Crippen molar-refractivity contribution in [1.82, 2.24) is 5.32 Å². The minimum atomic E-state index is 0.0647. The molecule has 1 aromatic carbocycles. The summed E-state index contributed by atoms with van der Waals surface area (Å²) in [7, 11) is 0. The fraction of sp³-hybridized carbons (Fsp3) is 0.462. The lowest BCUT2D eigenvalue weighted by molar-refractivity contribution is 0.0950. The summed E-state index contributed by atoms with van der Waals surface area (Å²) in [4.78, 5) is 12.1.